The molecule has 182 valence electrons. The molecule has 0 amide bonds. The van der Waals surface area contributed by atoms with E-state index >= 15 is 0 Å². The lowest BCUT2D eigenvalue weighted by atomic mass is 9.70. The molecule has 8 nitrogen and oxygen atoms in total. The number of benzene rings is 3. The van der Waals surface area contributed by atoms with Crippen molar-refractivity contribution in [2.45, 2.75) is 23.2 Å². The molecule has 8 heteroatoms. The third kappa shape index (κ3) is 2.96. The van der Waals surface area contributed by atoms with E-state index in [2.05, 4.69) is 0 Å². The summed E-state index contributed by atoms with van der Waals surface area (Å²) in [6.07, 6.45) is -1.64. The number of phenolic OH excluding ortho intramolecular Hbond substituents is 1. The number of carbonyl (C=O) groups is 1. The highest BCUT2D eigenvalue weighted by Crippen LogP contribution is 2.70. The second-order valence-corrected chi connectivity index (χ2v) is 8.74. The van der Waals surface area contributed by atoms with Gasteiger partial charge in [0.15, 0.2) is 11.2 Å². The molecule has 3 aromatic carbocycles. The van der Waals surface area contributed by atoms with E-state index in [1.165, 1.54) is 26.4 Å². The molecular formula is C27H26O8. The molecule has 5 rings (SSSR count). The van der Waals surface area contributed by atoms with Crippen LogP contribution in [-0.4, -0.2) is 48.7 Å². The number of phenols is 1. The van der Waals surface area contributed by atoms with Gasteiger partial charge in [-0.2, -0.15) is 0 Å². The van der Waals surface area contributed by atoms with Crippen molar-refractivity contribution in [3.63, 3.8) is 0 Å². The second kappa shape index (κ2) is 8.18. The maximum atomic E-state index is 13.1. The van der Waals surface area contributed by atoms with Gasteiger partial charge in [0.2, 0.25) is 0 Å². The molecule has 0 aromatic heterocycles. The van der Waals surface area contributed by atoms with E-state index < -0.39 is 35.1 Å². The van der Waals surface area contributed by atoms with E-state index in [0.717, 1.165) is 0 Å². The van der Waals surface area contributed by atoms with Crippen LogP contribution in [-0.2, 0) is 20.7 Å². The smallest absolute Gasteiger partial charge is 0.312 e. The Labute approximate surface area is 202 Å². The van der Waals surface area contributed by atoms with Gasteiger partial charge in [-0.3, -0.25) is 4.79 Å². The fraction of sp³-hybridized carbons (Fsp3) is 0.296. The largest absolute Gasteiger partial charge is 0.508 e. The molecule has 3 N–H and O–H groups in total. The molecule has 1 saturated carbocycles. The Hall–Kier alpha value is -3.75. The standard InChI is InChI=1S/C27H26O8/c1-32-18-11-9-16(10-12-18)27-22(15-7-5-4-6-8-15)21(25(30)34-3)24(29)26(27,31)23-19(33-2)13-17(28)14-20(23)35-27/h4-14,21-22,24,28-29,31H,1-3H3/t21?,22-,24-,26?,27+/m0/s1. The molecule has 0 bridgehead atoms. The maximum Gasteiger partial charge on any atom is 0.312 e. The summed E-state index contributed by atoms with van der Waals surface area (Å²) >= 11 is 0. The first kappa shape index (κ1) is 23.0. The van der Waals surface area contributed by atoms with Gasteiger partial charge >= 0.3 is 5.97 Å². The minimum atomic E-state index is -2.14. The van der Waals surface area contributed by atoms with Crippen LogP contribution >= 0.6 is 0 Å². The molecule has 2 aliphatic rings. The van der Waals surface area contributed by atoms with E-state index in [4.69, 9.17) is 18.9 Å². The second-order valence-electron chi connectivity index (χ2n) is 8.74. The van der Waals surface area contributed by atoms with Gasteiger partial charge in [0.05, 0.1) is 32.8 Å². The zero-order valence-corrected chi connectivity index (χ0v) is 19.5. The fourth-order valence-corrected chi connectivity index (χ4v) is 5.79. The molecule has 2 unspecified atom stereocenters. The molecule has 1 aliphatic carbocycles. The van der Waals surface area contributed by atoms with Gasteiger partial charge in [-0.15, -0.1) is 0 Å². The number of esters is 1. The molecule has 3 aromatic rings. The molecular weight excluding hydrogens is 452 g/mol. The Morgan fingerprint density at radius 1 is 0.971 bits per heavy atom. The van der Waals surface area contributed by atoms with Gasteiger partial charge in [0, 0.05) is 18.1 Å². The number of hydrogen-bond donors (Lipinski definition) is 3. The van der Waals surface area contributed by atoms with Crippen LogP contribution in [0.15, 0.2) is 66.7 Å². The van der Waals surface area contributed by atoms with Crippen molar-refractivity contribution in [2.75, 3.05) is 21.3 Å². The SMILES string of the molecule is COC(=O)C1[C@H](O)C2(O)c3c(OC)cc(O)cc3O[C@]2(c2ccc(OC)cc2)[C@H]1c1ccccc1. The first-order valence-electron chi connectivity index (χ1n) is 11.1. The average Bonchev–Trinajstić information content (AvgIpc) is 3.26. The Bertz CT molecular complexity index is 1260. The highest BCUT2D eigenvalue weighted by molar-refractivity contribution is 5.78. The van der Waals surface area contributed by atoms with Gasteiger partial charge < -0.3 is 34.3 Å². The van der Waals surface area contributed by atoms with Crippen LogP contribution in [0.4, 0.5) is 0 Å². The summed E-state index contributed by atoms with van der Waals surface area (Å²) in [5, 5.41) is 34.6. The Morgan fingerprint density at radius 2 is 1.66 bits per heavy atom. The van der Waals surface area contributed by atoms with Crippen LogP contribution < -0.4 is 14.2 Å². The third-order valence-electron chi connectivity index (χ3n) is 7.21. The van der Waals surface area contributed by atoms with Gasteiger partial charge in [-0.05, 0) is 23.3 Å². The lowest BCUT2D eigenvalue weighted by Crippen LogP contribution is -2.52. The number of aliphatic hydroxyl groups excluding tert-OH is 1. The predicted octanol–water partition coefficient (Wildman–Crippen LogP) is 2.83. The summed E-state index contributed by atoms with van der Waals surface area (Å²) < 4.78 is 22.5. The topological polar surface area (TPSA) is 115 Å². The monoisotopic (exact) mass is 478 g/mol. The maximum absolute atomic E-state index is 13.1. The number of hydrogen-bond acceptors (Lipinski definition) is 8. The molecule has 35 heavy (non-hydrogen) atoms. The predicted molar refractivity (Wildman–Crippen MR) is 125 cm³/mol. The summed E-state index contributed by atoms with van der Waals surface area (Å²) in [5.41, 5.74) is -2.52. The molecule has 1 heterocycles. The van der Waals surface area contributed by atoms with Crippen LogP contribution in [0, 0.1) is 5.92 Å². The van der Waals surface area contributed by atoms with Crippen LogP contribution in [0.2, 0.25) is 0 Å². The molecule has 0 radical (unpaired) electrons. The highest BCUT2D eigenvalue weighted by Gasteiger charge is 2.78. The van der Waals surface area contributed by atoms with Crippen molar-refractivity contribution in [2.24, 2.45) is 5.92 Å². The number of aliphatic hydroxyl groups is 2. The van der Waals surface area contributed by atoms with Crippen LogP contribution in [0.3, 0.4) is 0 Å². The van der Waals surface area contributed by atoms with Crippen molar-refractivity contribution in [3.05, 3.63) is 83.4 Å². The minimum absolute atomic E-state index is 0.120. The minimum Gasteiger partial charge on any atom is -0.508 e. The van der Waals surface area contributed by atoms with E-state index in [1.807, 2.05) is 30.3 Å². The number of fused-ring (bicyclic) bond motifs is 3. The summed E-state index contributed by atoms with van der Waals surface area (Å²) in [5.74, 6) is -2.03. The molecule has 0 saturated heterocycles. The van der Waals surface area contributed by atoms with Gasteiger partial charge in [-0.1, -0.05) is 42.5 Å². The van der Waals surface area contributed by atoms with Crippen molar-refractivity contribution in [3.8, 4) is 23.0 Å². The molecule has 1 aliphatic heterocycles. The van der Waals surface area contributed by atoms with E-state index in [1.54, 1.807) is 31.4 Å². The van der Waals surface area contributed by atoms with Crippen LogP contribution in [0.25, 0.3) is 0 Å². The Kier molecular flexibility index (Phi) is 5.38. The summed E-state index contributed by atoms with van der Waals surface area (Å²) in [6, 6.07) is 18.6. The lowest BCUT2D eigenvalue weighted by molar-refractivity contribution is -0.161. The number of ether oxygens (including phenoxy) is 4. The molecule has 0 spiro atoms. The number of aromatic hydroxyl groups is 1. The van der Waals surface area contributed by atoms with Crippen molar-refractivity contribution in [1.82, 2.24) is 0 Å². The summed E-state index contributed by atoms with van der Waals surface area (Å²) in [7, 11) is 4.17. The Balaban J connectivity index is 1.88. The number of carbonyl (C=O) groups excluding carboxylic acids is 1. The van der Waals surface area contributed by atoms with E-state index in [-0.39, 0.29) is 22.8 Å². The first-order valence-corrected chi connectivity index (χ1v) is 11.1. The molecule has 5 atom stereocenters. The van der Waals surface area contributed by atoms with Gasteiger partial charge in [0.1, 0.15) is 29.1 Å². The zero-order valence-electron chi connectivity index (χ0n) is 19.5. The normalized spacial score (nSPS) is 28.5. The summed E-state index contributed by atoms with van der Waals surface area (Å²) in [4.78, 5) is 13.1. The quantitative estimate of drug-likeness (QED) is 0.480. The average molecular weight is 478 g/mol. The van der Waals surface area contributed by atoms with E-state index in [9.17, 15) is 20.1 Å². The Morgan fingerprint density at radius 3 is 2.26 bits per heavy atom. The van der Waals surface area contributed by atoms with Crippen molar-refractivity contribution in [1.29, 1.82) is 0 Å². The van der Waals surface area contributed by atoms with Crippen LogP contribution in [0.5, 0.6) is 23.0 Å². The van der Waals surface area contributed by atoms with Crippen molar-refractivity contribution < 1.29 is 39.1 Å². The zero-order chi connectivity index (χ0) is 25.0. The first-order chi connectivity index (χ1) is 16.8. The summed E-state index contributed by atoms with van der Waals surface area (Å²) in [6.45, 7) is 0. The number of methoxy groups -OCH3 is 3. The van der Waals surface area contributed by atoms with Crippen molar-refractivity contribution >= 4 is 5.97 Å². The lowest BCUT2D eigenvalue weighted by Gasteiger charge is -2.40. The number of rotatable bonds is 5. The molecule has 1 fully saturated rings. The highest BCUT2D eigenvalue weighted by atomic mass is 16.5. The third-order valence-corrected chi connectivity index (χ3v) is 7.21. The fourth-order valence-electron chi connectivity index (χ4n) is 5.79. The van der Waals surface area contributed by atoms with E-state index in [0.29, 0.717) is 16.9 Å². The van der Waals surface area contributed by atoms with Gasteiger partial charge in [-0.25, -0.2) is 0 Å². The van der Waals surface area contributed by atoms with Gasteiger partial charge in [0.25, 0.3) is 0 Å². The van der Waals surface area contributed by atoms with Crippen LogP contribution in [0.1, 0.15) is 22.6 Å².